The van der Waals surface area contributed by atoms with E-state index in [4.69, 9.17) is 9.47 Å². The highest BCUT2D eigenvalue weighted by atomic mass is 32.2. The second-order valence-electron chi connectivity index (χ2n) is 15.2. The van der Waals surface area contributed by atoms with Crippen LogP contribution in [-0.2, 0) is 29.2 Å². The molecule has 7 unspecified atom stereocenters. The monoisotopic (exact) mass is 682 g/mol. The Labute approximate surface area is 286 Å². The molecule has 1 heterocycles. The van der Waals surface area contributed by atoms with Crippen LogP contribution in [-0.4, -0.2) is 53.9 Å². The number of carbonyl (C=O) groups is 3. The van der Waals surface area contributed by atoms with Gasteiger partial charge in [-0.2, -0.15) is 0 Å². The summed E-state index contributed by atoms with van der Waals surface area (Å²) in [5.41, 5.74) is 5.40. The average Bonchev–Trinajstić information content (AvgIpc) is 3.68. The Hall–Kier alpha value is -4.02. The molecule has 1 amide bonds. The molecule has 4 bridgehead atoms. The number of amides is 1. The van der Waals surface area contributed by atoms with Gasteiger partial charge in [-0.05, 0) is 91.0 Å². The lowest BCUT2D eigenvalue weighted by Gasteiger charge is -2.45. The maximum atomic E-state index is 14.4. The number of hydrogen-bond donors (Lipinski definition) is 0. The number of rotatable bonds is 7. The molecule has 9 rings (SSSR count). The minimum absolute atomic E-state index is 0.0873. The minimum Gasteiger partial charge on any atom is -0.744 e. The summed E-state index contributed by atoms with van der Waals surface area (Å²) in [4.78, 5) is 44.0. The van der Waals surface area contributed by atoms with Crippen LogP contribution in [0, 0.1) is 36.5 Å². The second kappa shape index (κ2) is 11.3. The van der Waals surface area contributed by atoms with Gasteiger partial charge in [-0.3, -0.25) is 14.4 Å². The first kappa shape index (κ1) is 32.2. The van der Waals surface area contributed by atoms with Crippen molar-refractivity contribution in [3.05, 3.63) is 94.0 Å². The lowest BCUT2D eigenvalue weighted by atomic mass is 9.59. The predicted octanol–water partition coefficient (Wildman–Crippen LogP) is 5.64. The topological polar surface area (TPSA) is 130 Å². The summed E-state index contributed by atoms with van der Waals surface area (Å²) in [5.74, 6) is -3.62. The molecular weight excluding hydrogens is 642 g/mol. The molecule has 0 spiro atoms. The molecule has 1 saturated heterocycles. The third-order valence-electron chi connectivity index (χ3n) is 12.0. The number of benzene rings is 3. The van der Waals surface area contributed by atoms with Crippen molar-refractivity contribution >= 4 is 28.0 Å². The molecule has 3 aromatic carbocycles. The van der Waals surface area contributed by atoms with Crippen molar-refractivity contribution in [2.45, 2.75) is 88.3 Å². The average molecular weight is 683 g/mol. The van der Waals surface area contributed by atoms with Gasteiger partial charge in [0.1, 0.15) is 22.0 Å². The van der Waals surface area contributed by atoms with Gasteiger partial charge in [0.15, 0.2) is 0 Å². The van der Waals surface area contributed by atoms with Gasteiger partial charge in [0.05, 0.1) is 28.7 Å². The van der Waals surface area contributed by atoms with Crippen molar-refractivity contribution in [2.24, 2.45) is 29.6 Å². The SMILES string of the molecule is Cc1cc(S(=O)(=O)[O-])c(C(C)C)cc1OC(=O)C1C2CC3C1C(=O)N(C(C)C)C3C2OC(=O)C1CC2c3ccccc3C1c1ccccc12. The highest BCUT2D eigenvalue weighted by Crippen LogP contribution is 2.61. The van der Waals surface area contributed by atoms with Crippen molar-refractivity contribution in [3.8, 4) is 5.75 Å². The standard InChI is InChI=1S/C39H41NO8S/c1-18(2)25-17-30(20(5)14-31(25)49(44,45)46)47-39(43)34-28-16-27-33(34)37(41)40(19(3)4)35(27)36(28)48-38(42)29-15-26-21-10-6-8-12-23(21)32(29)24-13-9-7-11-22(24)26/h6-14,17-19,26-29,32-36H,15-16H2,1-5H3,(H,44,45,46)/p-1. The molecule has 1 aliphatic heterocycles. The van der Waals surface area contributed by atoms with E-state index >= 15 is 0 Å². The molecule has 2 saturated carbocycles. The number of ether oxygens (including phenoxy) is 2. The zero-order valence-corrected chi connectivity index (χ0v) is 29.0. The van der Waals surface area contributed by atoms with Gasteiger partial charge in [-0.1, -0.05) is 62.4 Å². The van der Waals surface area contributed by atoms with Crippen LogP contribution in [0.2, 0.25) is 0 Å². The molecule has 256 valence electrons. The van der Waals surface area contributed by atoms with Crippen molar-refractivity contribution < 1.29 is 36.8 Å². The highest BCUT2D eigenvalue weighted by molar-refractivity contribution is 7.85. The van der Waals surface area contributed by atoms with E-state index in [9.17, 15) is 27.4 Å². The smallest absolute Gasteiger partial charge is 0.315 e. The Bertz CT molecular complexity index is 1970. The summed E-state index contributed by atoms with van der Waals surface area (Å²) >= 11 is 0. The highest BCUT2D eigenvalue weighted by Gasteiger charge is 2.71. The largest absolute Gasteiger partial charge is 0.744 e. The third-order valence-corrected chi connectivity index (χ3v) is 12.9. The van der Waals surface area contributed by atoms with Gasteiger partial charge in [0.2, 0.25) is 5.91 Å². The molecule has 10 heteroatoms. The van der Waals surface area contributed by atoms with E-state index in [2.05, 4.69) is 24.3 Å². The van der Waals surface area contributed by atoms with E-state index < -0.39 is 45.9 Å². The molecule has 3 fully saturated rings. The molecule has 49 heavy (non-hydrogen) atoms. The molecule has 0 aromatic heterocycles. The van der Waals surface area contributed by atoms with Crippen molar-refractivity contribution in [3.63, 3.8) is 0 Å². The van der Waals surface area contributed by atoms with Crippen LogP contribution in [0.5, 0.6) is 5.75 Å². The Kier molecular flexibility index (Phi) is 7.39. The summed E-state index contributed by atoms with van der Waals surface area (Å²) in [6.45, 7) is 8.98. The Morgan fingerprint density at radius 3 is 2.06 bits per heavy atom. The third kappa shape index (κ3) is 4.73. The summed E-state index contributed by atoms with van der Waals surface area (Å²) in [6.07, 6.45) is 0.538. The van der Waals surface area contributed by atoms with Gasteiger partial charge < -0.3 is 18.9 Å². The maximum absolute atomic E-state index is 14.4. The van der Waals surface area contributed by atoms with E-state index in [1.807, 2.05) is 43.0 Å². The zero-order valence-electron chi connectivity index (χ0n) is 28.2. The lowest BCUT2D eigenvalue weighted by Crippen LogP contribution is -2.50. The van der Waals surface area contributed by atoms with E-state index in [0.29, 0.717) is 18.4 Å². The van der Waals surface area contributed by atoms with Crippen LogP contribution >= 0.6 is 0 Å². The molecular formula is C39H40NO8S-. The van der Waals surface area contributed by atoms with Crippen LogP contribution in [0.3, 0.4) is 0 Å². The van der Waals surface area contributed by atoms with Gasteiger partial charge in [0.25, 0.3) is 0 Å². The summed E-state index contributed by atoms with van der Waals surface area (Å²) in [6, 6.07) is 18.9. The van der Waals surface area contributed by atoms with Crippen molar-refractivity contribution in [1.82, 2.24) is 4.90 Å². The van der Waals surface area contributed by atoms with Gasteiger partial charge in [0, 0.05) is 23.8 Å². The summed E-state index contributed by atoms with van der Waals surface area (Å²) in [5, 5.41) is 0. The molecule has 7 atom stereocenters. The first-order chi connectivity index (χ1) is 23.3. The number of esters is 2. The fourth-order valence-electron chi connectivity index (χ4n) is 10.1. The molecule has 0 N–H and O–H groups in total. The lowest BCUT2D eigenvalue weighted by molar-refractivity contribution is -0.165. The van der Waals surface area contributed by atoms with Crippen LogP contribution in [0.25, 0.3) is 0 Å². The first-order valence-corrected chi connectivity index (χ1v) is 18.7. The number of hydrogen-bond acceptors (Lipinski definition) is 8. The quantitative estimate of drug-likeness (QED) is 0.178. The number of aryl methyl sites for hydroxylation is 1. The van der Waals surface area contributed by atoms with Crippen molar-refractivity contribution in [2.75, 3.05) is 0 Å². The minimum atomic E-state index is -4.75. The van der Waals surface area contributed by atoms with E-state index in [0.717, 1.165) is 11.1 Å². The molecule has 0 radical (unpaired) electrons. The number of nitrogens with zero attached hydrogens (tertiary/aromatic N) is 1. The number of likely N-dealkylation sites (tertiary alicyclic amines) is 1. The fraction of sp³-hybridized carbons (Fsp3) is 0.462. The van der Waals surface area contributed by atoms with E-state index in [1.165, 1.54) is 23.3 Å². The Morgan fingerprint density at radius 2 is 1.49 bits per heavy atom. The van der Waals surface area contributed by atoms with E-state index in [1.54, 1.807) is 20.8 Å². The zero-order chi connectivity index (χ0) is 34.7. The van der Waals surface area contributed by atoms with E-state index in [-0.39, 0.29) is 63.8 Å². The summed E-state index contributed by atoms with van der Waals surface area (Å²) < 4.78 is 48.5. The molecule has 5 aliphatic carbocycles. The predicted molar refractivity (Wildman–Crippen MR) is 178 cm³/mol. The maximum Gasteiger partial charge on any atom is 0.315 e. The normalized spacial score (nSPS) is 30.6. The molecule has 9 nitrogen and oxygen atoms in total. The molecule has 3 aromatic rings. The number of carbonyl (C=O) groups excluding carboxylic acids is 3. The van der Waals surface area contributed by atoms with Gasteiger partial charge in [-0.15, -0.1) is 0 Å². The fourth-order valence-corrected chi connectivity index (χ4v) is 11.1. The van der Waals surface area contributed by atoms with Crippen LogP contribution in [0.4, 0.5) is 0 Å². The molecule has 6 aliphatic rings. The van der Waals surface area contributed by atoms with Crippen LogP contribution in [0.1, 0.15) is 91.7 Å². The Balaban J connectivity index is 1.11. The van der Waals surface area contributed by atoms with Crippen molar-refractivity contribution in [1.29, 1.82) is 0 Å². The first-order valence-electron chi connectivity index (χ1n) is 17.3. The Morgan fingerprint density at radius 1 is 0.878 bits per heavy atom. The van der Waals surface area contributed by atoms with Gasteiger partial charge in [-0.25, -0.2) is 8.42 Å². The second-order valence-corrected chi connectivity index (χ2v) is 16.5. The number of fused-ring (bicyclic) bond motifs is 2. The van der Waals surface area contributed by atoms with Crippen LogP contribution in [0.15, 0.2) is 65.6 Å². The van der Waals surface area contributed by atoms with Gasteiger partial charge >= 0.3 is 11.9 Å². The van der Waals surface area contributed by atoms with Crippen LogP contribution < -0.4 is 4.74 Å². The summed E-state index contributed by atoms with van der Waals surface area (Å²) in [7, 11) is -4.75.